The van der Waals surface area contributed by atoms with E-state index in [1.165, 1.54) is 0 Å². The summed E-state index contributed by atoms with van der Waals surface area (Å²) in [7, 11) is 0. The summed E-state index contributed by atoms with van der Waals surface area (Å²) in [5.41, 5.74) is 5.10. The third-order valence-electron chi connectivity index (χ3n) is 2.29. The molecule has 0 fully saturated rings. The highest BCUT2D eigenvalue weighted by Crippen LogP contribution is 2.05. The molecule has 72 valence electrons. The molecule has 0 unspecified atom stereocenters. The van der Waals surface area contributed by atoms with Crippen LogP contribution in [-0.2, 0) is 4.79 Å². The van der Waals surface area contributed by atoms with Gasteiger partial charge < -0.3 is 11.1 Å². The van der Waals surface area contributed by atoms with Gasteiger partial charge in [-0.3, -0.25) is 4.79 Å². The lowest BCUT2D eigenvalue weighted by Gasteiger charge is -2.15. The van der Waals surface area contributed by atoms with Gasteiger partial charge in [0.25, 0.3) is 0 Å². The molecule has 0 aromatic carbocycles. The van der Waals surface area contributed by atoms with Crippen LogP contribution < -0.4 is 11.1 Å². The summed E-state index contributed by atoms with van der Waals surface area (Å²) in [4.78, 5) is 10.6. The molecule has 0 heterocycles. The van der Waals surface area contributed by atoms with Crippen molar-refractivity contribution in [3.63, 3.8) is 0 Å². The summed E-state index contributed by atoms with van der Waals surface area (Å²) in [6.45, 7) is 7.00. The van der Waals surface area contributed by atoms with Gasteiger partial charge in [0.05, 0.1) is 6.04 Å². The van der Waals surface area contributed by atoms with Gasteiger partial charge in [-0.2, -0.15) is 0 Å². The van der Waals surface area contributed by atoms with Gasteiger partial charge in [-0.1, -0.05) is 26.7 Å². The number of rotatable bonds is 6. The Kier molecular flexibility index (Phi) is 5.72. The van der Waals surface area contributed by atoms with E-state index in [0.717, 1.165) is 19.4 Å². The molecule has 3 nitrogen and oxygen atoms in total. The Balaban J connectivity index is 3.58. The topological polar surface area (TPSA) is 55.1 Å². The summed E-state index contributed by atoms with van der Waals surface area (Å²) in [5, 5.41) is 3.11. The van der Waals surface area contributed by atoms with E-state index in [-0.39, 0.29) is 11.9 Å². The van der Waals surface area contributed by atoms with Gasteiger partial charge in [0.15, 0.2) is 0 Å². The Hall–Kier alpha value is -0.570. The Morgan fingerprint density at radius 2 is 1.92 bits per heavy atom. The minimum absolute atomic E-state index is 0.203. The van der Waals surface area contributed by atoms with E-state index >= 15 is 0 Å². The van der Waals surface area contributed by atoms with Crippen molar-refractivity contribution in [1.82, 2.24) is 5.32 Å². The van der Waals surface area contributed by atoms with Crippen LogP contribution in [0.4, 0.5) is 0 Å². The van der Waals surface area contributed by atoms with Crippen molar-refractivity contribution in [3.05, 3.63) is 0 Å². The third kappa shape index (κ3) is 4.34. The summed E-state index contributed by atoms with van der Waals surface area (Å²) >= 11 is 0. The molecule has 0 spiro atoms. The number of primary amides is 1. The molecule has 0 aromatic rings. The van der Waals surface area contributed by atoms with Gasteiger partial charge in [-0.05, 0) is 19.4 Å². The monoisotopic (exact) mass is 172 g/mol. The molecule has 0 aliphatic rings. The fourth-order valence-electron chi connectivity index (χ4n) is 1.02. The van der Waals surface area contributed by atoms with Crippen molar-refractivity contribution in [2.75, 3.05) is 6.54 Å². The Morgan fingerprint density at radius 1 is 1.42 bits per heavy atom. The molecule has 1 atom stereocenters. The minimum Gasteiger partial charge on any atom is -0.368 e. The van der Waals surface area contributed by atoms with Crippen LogP contribution in [-0.4, -0.2) is 18.5 Å². The molecule has 0 aliphatic carbocycles. The van der Waals surface area contributed by atoms with Gasteiger partial charge in [0, 0.05) is 0 Å². The first-order chi connectivity index (χ1) is 5.61. The maximum absolute atomic E-state index is 10.6. The molecule has 0 radical (unpaired) electrons. The average molecular weight is 172 g/mol. The lowest BCUT2D eigenvalue weighted by atomic mass is 10.0. The third-order valence-corrected chi connectivity index (χ3v) is 2.29. The Labute approximate surface area is 74.7 Å². The highest BCUT2D eigenvalue weighted by molar-refractivity contribution is 5.79. The van der Waals surface area contributed by atoms with Crippen LogP contribution in [0.3, 0.4) is 0 Å². The second-order valence-corrected chi connectivity index (χ2v) is 3.21. The van der Waals surface area contributed by atoms with Crippen LogP contribution in [0, 0.1) is 5.92 Å². The average Bonchev–Trinajstić information content (AvgIpc) is 2.05. The van der Waals surface area contributed by atoms with E-state index in [0.29, 0.717) is 5.92 Å². The summed E-state index contributed by atoms with van der Waals surface area (Å²) in [6.07, 6.45) is 2.30. The normalized spacial score (nSPS) is 13.3. The number of hydrogen-bond donors (Lipinski definition) is 2. The van der Waals surface area contributed by atoms with Crippen molar-refractivity contribution in [1.29, 1.82) is 0 Å². The summed E-state index contributed by atoms with van der Waals surface area (Å²) < 4.78 is 0. The first-order valence-electron chi connectivity index (χ1n) is 4.64. The maximum atomic E-state index is 10.6. The molecule has 0 saturated heterocycles. The molecule has 0 aromatic heterocycles. The van der Waals surface area contributed by atoms with Crippen LogP contribution in [0.2, 0.25) is 0 Å². The molecular weight excluding hydrogens is 152 g/mol. The molecule has 3 N–H and O–H groups in total. The van der Waals surface area contributed by atoms with Crippen molar-refractivity contribution in [3.8, 4) is 0 Å². The van der Waals surface area contributed by atoms with Crippen molar-refractivity contribution in [2.45, 2.75) is 39.7 Å². The zero-order valence-electron chi connectivity index (χ0n) is 8.26. The number of hydrogen-bond acceptors (Lipinski definition) is 2. The van der Waals surface area contributed by atoms with Crippen LogP contribution >= 0.6 is 0 Å². The highest BCUT2D eigenvalue weighted by atomic mass is 16.1. The maximum Gasteiger partial charge on any atom is 0.234 e. The predicted octanol–water partition coefficient (Wildman–Crippen LogP) is 0.886. The molecule has 3 heteroatoms. The van der Waals surface area contributed by atoms with Gasteiger partial charge in [-0.15, -0.1) is 0 Å². The number of nitrogens with one attached hydrogen (secondary N) is 1. The lowest BCUT2D eigenvalue weighted by Crippen LogP contribution is -2.40. The van der Waals surface area contributed by atoms with Gasteiger partial charge in [-0.25, -0.2) is 0 Å². The van der Waals surface area contributed by atoms with E-state index in [1.807, 2.05) is 0 Å². The predicted molar refractivity (Wildman–Crippen MR) is 50.7 cm³/mol. The molecular formula is C9H20N2O. The van der Waals surface area contributed by atoms with Crippen molar-refractivity contribution >= 4 is 5.91 Å². The summed E-state index contributed by atoms with van der Waals surface area (Å²) in [5.74, 6) is 0.382. The van der Waals surface area contributed by atoms with E-state index in [2.05, 4.69) is 19.2 Å². The van der Waals surface area contributed by atoms with E-state index in [4.69, 9.17) is 5.73 Å². The smallest absolute Gasteiger partial charge is 0.234 e. The molecule has 0 bridgehead atoms. The minimum atomic E-state index is -0.277. The molecule has 1 amide bonds. The fourth-order valence-corrected chi connectivity index (χ4v) is 1.02. The van der Waals surface area contributed by atoms with Gasteiger partial charge in [0.2, 0.25) is 5.91 Å². The second kappa shape index (κ2) is 6.00. The second-order valence-electron chi connectivity index (χ2n) is 3.21. The molecule has 12 heavy (non-hydrogen) atoms. The Bertz CT molecular complexity index is 132. The SMILES string of the molecule is CCC(CC)CN[C@@H](C)C(N)=O. The first-order valence-corrected chi connectivity index (χ1v) is 4.64. The van der Waals surface area contributed by atoms with Crippen molar-refractivity contribution in [2.24, 2.45) is 11.7 Å². The van der Waals surface area contributed by atoms with Gasteiger partial charge >= 0.3 is 0 Å². The Morgan fingerprint density at radius 3 is 2.25 bits per heavy atom. The lowest BCUT2D eigenvalue weighted by molar-refractivity contribution is -0.119. The van der Waals surface area contributed by atoms with Crippen LogP contribution in [0.1, 0.15) is 33.6 Å². The number of amides is 1. The van der Waals surface area contributed by atoms with E-state index in [1.54, 1.807) is 6.92 Å². The fraction of sp³-hybridized carbons (Fsp3) is 0.889. The quantitative estimate of drug-likeness (QED) is 0.625. The zero-order chi connectivity index (χ0) is 9.56. The zero-order valence-corrected chi connectivity index (χ0v) is 8.26. The van der Waals surface area contributed by atoms with E-state index in [9.17, 15) is 4.79 Å². The van der Waals surface area contributed by atoms with Crippen LogP contribution in [0.15, 0.2) is 0 Å². The van der Waals surface area contributed by atoms with E-state index < -0.39 is 0 Å². The highest BCUT2D eigenvalue weighted by Gasteiger charge is 2.09. The number of carbonyl (C=O) groups excluding carboxylic acids is 1. The van der Waals surface area contributed by atoms with Crippen LogP contribution in [0.5, 0.6) is 0 Å². The molecule has 0 saturated carbocycles. The number of nitrogens with two attached hydrogens (primary N) is 1. The standard InChI is InChI=1S/C9H20N2O/c1-4-8(5-2)6-11-7(3)9(10)12/h7-8,11H,4-6H2,1-3H3,(H2,10,12)/t7-/m0/s1. The largest absolute Gasteiger partial charge is 0.368 e. The molecule has 0 aliphatic heterocycles. The van der Waals surface area contributed by atoms with Crippen molar-refractivity contribution < 1.29 is 4.79 Å². The van der Waals surface area contributed by atoms with Gasteiger partial charge in [0.1, 0.15) is 0 Å². The number of carbonyl (C=O) groups is 1. The first kappa shape index (κ1) is 11.4. The summed E-state index contributed by atoms with van der Waals surface area (Å²) in [6, 6.07) is -0.203. The van der Waals surface area contributed by atoms with Crippen LogP contribution in [0.25, 0.3) is 0 Å². The molecule has 0 rings (SSSR count).